The van der Waals surface area contributed by atoms with Gasteiger partial charge in [-0.1, -0.05) is 30.3 Å². The maximum atomic E-state index is 12.7. The Labute approximate surface area is 169 Å². The number of nitrogens with one attached hydrogen (secondary N) is 1. The second kappa shape index (κ2) is 9.00. The van der Waals surface area contributed by atoms with Crippen LogP contribution in [0.3, 0.4) is 0 Å². The van der Waals surface area contributed by atoms with Crippen molar-refractivity contribution in [1.29, 1.82) is 0 Å². The third kappa shape index (κ3) is 5.99. The molecular formula is C21H17F3N2O2S. The first-order valence-electron chi connectivity index (χ1n) is 8.77. The third-order valence-corrected chi connectivity index (χ3v) is 4.81. The lowest BCUT2D eigenvalue weighted by Crippen LogP contribution is -2.12. The quantitative estimate of drug-likeness (QED) is 0.577. The highest BCUT2D eigenvalue weighted by Crippen LogP contribution is 2.29. The van der Waals surface area contributed by atoms with Gasteiger partial charge in [0.05, 0.1) is 11.1 Å². The summed E-state index contributed by atoms with van der Waals surface area (Å²) in [6.45, 7) is 0. The van der Waals surface area contributed by atoms with Gasteiger partial charge in [-0.3, -0.25) is 9.59 Å². The number of benzene rings is 2. The molecule has 4 nitrogen and oxygen atoms in total. The lowest BCUT2D eigenvalue weighted by atomic mass is 10.0. The molecule has 1 heterocycles. The molecule has 1 N–H and O–H groups in total. The monoisotopic (exact) mass is 418 g/mol. The van der Waals surface area contributed by atoms with Gasteiger partial charge in [-0.2, -0.15) is 13.2 Å². The van der Waals surface area contributed by atoms with Gasteiger partial charge in [-0.05, 0) is 35.7 Å². The summed E-state index contributed by atoms with van der Waals surface area (Å²) < 4.78 is 38.2. The van der Waals surface area contributed by atoms with Gasteiger partial charge < -0.3 is 5.32 Å². The predicted molar refractivity (Wildman–Crippen MR) is 105 cm³/mol. The number of hydrogen-bond donors (Lipinski definition) is 1. The van der Waals surface area contributed by atoms with Crippen molar-refractivity contribution in [2.24, 2.45) is 0 Å². The third-order valence-electron chi connectivity index (χ3n) is 4.22. The summed E-state index contributed by atoms with van der Waals surface area (Å²) in [4.78, 5) is 28.1. The first kappa shape index (κ1) is 20.7. The Kier molecular flexibility index (Phi) is 6.43. The second-order valence-electron chi connectivity index (χ2n) is 6.44. The number of thiazole rings is 1. The van der Waals surface area contributed by atoms with Crippen LogP contribution in [0.1, 0.15) is 33.6 Å². The molecule has 0 aliphatic carbocycles. The van der Waals surface area contributed by atoms with Gasteiger partial charge in [0.1, 0.15) is 11.5 Å². The van der Waals surface area contributed by atoms with Gasteiger partial charge in [0.15, 0.2) is 0 Å². The summed E-state index contributed by atoms with van der Waals surface area (Å²) in [5.74, 6) is -0.377. The average molecular weight is 418 g/mol. The molecule has 0 aliphatic rings. The van der Waals surface area contributed by atoms with Gasteiger partial charge in [-0.25, -0.2) is 4.98 Å². The van der Waals surface area contributed by atoms with Crippen molar-refractivity contribution in [2.75, 3.05) is 5.32 Å². The summed E-state index contributed by atoms with van der Waals surface area (Å²) in [5, 5.41) is 4.36. The Hall–Kier alpha value is -3.00. The highest BCUT2D eigenvalue weighted by atomic mass is 32.1. The minimum absolute atomic E-state index is 0.0679. The largest absolute Gasteiger partial charge is 0.416 e. The van der Waals surface area contributed by atoms with Crippen LogP contribution in [0.2, 0.25) is 0 Å². The van der Waals surface area contributed by atoms with Crippen molar-refractivity contribution in [3.05, 3.63) is 81.8 Å². The van der Waals surface area contributed by atoms with E-state index in [2.05, 4.69) is 10.3 Å². The van der Waals surface area contributed by atoms with E-state index in [-0.39, 0.29) is 31.0 Å². The van der Waals surface area contributed by atoms with E-state index in [0.29, 0.717) is 16.9 Å². The smallest absolute Gasteiger partial charge is 0.321 e. The molecule has 0 unspecified atom stereocenters. The summed E-state index contributed by atoms with van der Waals surface area (Å²) in [6, 6.07) is 11.9. The van der Waals surface area contributed by atoms with Crippen LogP contribution in [-0.2, 0) is 23.8 Å². The number of amides is 1. The number of rotatable bonds is 7. The minimum Gasteiger partial charge on any atom is -0.321 e. The highest BCUT2D eigenvalue weighted by Gasteiger charge is 2.30. The molecule has 0 saturated heterocycles. The van der Waals surface area contributed by atoms with E-state index >= 15 is 0 Å². The molecule has 3 aromatic rings. The lowest BCUT2D eigenvalue weighted by molar-refractivity contribution is -0.137. The van der Waals surface area contributed by atoms with Crippen LogP contribution in [0.15, 0.2) is 59.4 Å². The molecule has 150 valence electrons. The van der Waals surface area contributed by atoms with Crippen LogP contribution in [0.4, 0.5) is 18.9 Å². The molecule has 0 aliphatic heterocycles. The first-order chi connectivity index (χ1) is 13.8. The normalized spacial score (nSPS) is 11.3. The first-order valence-corrected chi connectivity index (χ1v) is 9.72. The zero-order chi connectivity index (χ0) is 20.9. The van der Waals surface area contributed by atoms with Crippen molar-refractivity contribution < 1.29 is 22.8 Å². The fourth-order valence-electron chi connectivity index (χ4n) is 2.73. The van der Waals surface area contributed by atoms with Crippen molar-refractivity contribution in [3.8, 4) is 0 Å². The van der Waals surface area contributed by atoms with Crippen molar-refractivity contribution >= 4 is 28.7 Å². The molecule has 29 heavy (non-hydrogen) atoms. The number of ketones is 1. The van der Waals surface area contributed by atoms with Crippen LogP contribution < -0.4 is 5.32 Å². The summed E-state index contributed by atoms with van der Waals surface area (Å²) in [5.41, 5.74) is 3.03. The summed E-state index contributed by atoms with van der Waals surface area (Å²) >= 11 is 1.33. The van der Waals surface area contributed by atoms with Gasteiger partial charge in [0.25, 0.3) is 5.91 Å². The summed E-state index contributed by atoms with van der Waals surface area (Å²) in [6.07, 6.45) is -3.80. The Morgan fingerprint density at radius 2 is 1.79 bits per heavy atom. The highest BCUT2D eigenvalue weighted by molar-refractivity contribution is 7.07. The zero-order valence-corrected chi connectivity index (χ0v) is 16.0. The molecule has 8 heteroatoms. The molecular weight excluding hydrogens is 401 g/mol. The predicted octanol–water partition coefficient (Wildman–Crippen LogP) is 5.16. The lowest BCUT2D eigenvalue weighted by Gasteiger charge is -2.09. The number of carbonyl (C=O) groups excluding carboxylic acids is 2. The molecule has 1 aromatic heterocycles. The number of Topliss-reactive ketones (excluding diaryl/α,β-unsaturated/α-hetero) is 1. The van der Waals surface area contributed by atoms with Crippen LogP contribution in [0.5, 0.6) is 0 Å². The average Bonchev–Trinajstić information content (AvgIpc) is 3.22. The number of carbonyl (C=O) groups is 2. The number of alkyl halides is 3. The topological polar surface area (TPSA) is 59.1 Å². The van der Waals surface area contributed by atoms with Gasteiger partial charge in [0.2, 0.25) is 0 Å². The van der Waals surface area contributed by atoms with Crippen LogP contribution in [0.25, 0.3) is 0 Å². The van der Waals surface area contributed by atoms with E-state index in [1.165, 1.54) is 17.4 Å². The maximum absolute atomic E-state index is 12.7. The number of halogens is 3. The molecule has 0 fully saturated rings. The number of hydrogen-bond acceptors (Lipinski definition) is 4. The number of anilines is 1. The Morgan fingerprint density at radius 3 is 2.45 bits per heavy atom. The van der Waals surface area contributed by atoms with Crippen molar-refractivity contribution in [2.45, 2.75) is 25.4 Å². The Bertz CT molecular complexity index is 984. The van der Waals surface area contributed by atoms with E-state index in [1.807, 2.05) is 0 Å². The Morgan fingerprint density at radius 1 is 1.03 bits per heavy atom. The molecule has 0 radical (unpaired) electrons. The van der Waals surface area contributed by atoms with Crippen LogP contribution in [-0.4, -0.2) is 16.7 Å². The molecule has 3 rings (SSSR count). The fraction of sp³-hybridized carbons (Fsp3) is 0.190. The maximum Gasteiger partial charge on any atom is 0.416 e. The van der Waals surface area contributed by atoms with Gasteiger partial charge >= 0.3 is 6.18 Å². The van der Waals surface area contributed by atoms with Gasteiger partial charge in [-0.15, -0.1) is 11.3 Å². The molecule has 1 amide bonds. The second-order valence-corrected chi connectivity index (χ2v) is 7.16. The molecule has 0 bridgehead atoms. The molecule has 0 spiro atoms. The molecule has 2 aromatic carbocycles. The van der Waals surface area contributed by atoms with E-state index in [4.69, 9.17) is 0 Å². The number of aryl methyl sites for hydroxylation is 1. The standard InChI is InChI=1S/C21H17F3N2O2S/c22-21(23,24)16-3-1-2-14(10-16)6-9-18(27)11-15-4-7-17(8-5-15)26-20(28)19-12-29-13-25-19/h1-5,7-8,10,12-13H,6,9,11H2,(H,26,28). The fourth-order valence-corrected chi connectivity index (χ4v) is 3.26. The van der Waals surface area contributed by atoms with E-state index in [0.717, 1.165) is 17.7 Å². The zero-order valence-electron chi connectivity index (χ0n) is 15.2. The number of aromatic nitrogens is 1. The van der Waals surface area contributed by atoms with Crippen molar-refractivity contribution in [3.63, 3.8) is 0 Å². The van der Waals surface area contributed by atoms with Crippen molar-refractivity contribution in [1.82, 2.24) is 4.98 Å². The SMILES string of the molecule is O=C(CCc1cccc(C(F)(F)F)c1)Cc1ccc(NC(=O)c2cscn2)cc1. The molecule has 0 saturated carbocycles. The van der Waals surface area contributed by atoms with Crippen LogP contribution >= 0.6 is 11.3 Å². The van der Waals surface area contributed by atoms with E-state index in [9.17, 15) is 22.8 Å². The number of nitrogens with zero attached hydrogens (tertiary/aromatic N) is 1. The molecule has 0 atom stereocenters. The van der Waals surface area contributed by atoms with Gasteiger partial charge in [0, 0.05) is 23.9 Å². The van der Waals surface area contributed by atoms with E-state index < -0.39 is 11.7 Å². The minimum atomic E-state index is -4.39. The summed E-state index contributed by atoms with van der Waals surface area (Å²) in [7, 11) is 0. The Balaban J connectivity index is 1.51. The van der Waals surface area contributed by atoms with E-state index in [1.54, 1.807) is 41.2 Å². The van der Waals surface area contributed by atoms with Crippen LogP contribution in [0, 0.1) is 0 Å².